The summed E-state index contributed by atoms with van der Waals surface area (Å²) in [6, 6.07) is 1.13. The molecule has 2 N–H and O–H groups in total. The second-order valence-corrected chi connectivity index (χ2v) is 6.93. The zero-order valence-electron chi connectivity index (χ0n) is 8.95. The van der Waals surface area contributed by atoms with Crippen molar-refractivity contribution >= 4 is 43.8 Å². The Morgan fingerprint density at radius 1 is 1.50 bits per heavy atom. The quantitative estimate of drug-likeness (QED) is 0.883. The molecule has 0 saturated carbocycles. The lowest BCUT2D eigenvalue weighted by atomic mass is 10.4. The van der Waals surface area contributed by atoms with Gasteiger partial charge in [0.15, 0.2) is 0 Å². The number of hydrogen-bond donors (Lipinski definition) is 2. The molecule has 96 valence electrons. The van der Waals surface area contributed by atoms with Crippen LogP contribution in [0.3, 0.4) is 0 Å². The number of aryl methyl sites for hydroxylation is 1. The molecular weight excluding hydrogens is 298 g/mol. The van der Waals surface area contributed by atoms with Crippen molar-refractivity contribution in [3.8, 4) is 0 Å². The number of sulfonamides is 1. The molecule has 0 aromatic carbocycles. The predicted octanol–water partition coefficient (Wildman–Crippen LogP) is 1.41. The number of anilines is 1. The van der Waals surface area contributed by atoms with E-state index in [1.54, 1.807) is 6.92 Å². The molecule has 0 unspecified atom stereocenters. The molecule has 10 heteroatoms. The number of nitrogens with zero attached hydrogens (tertiary/aromatic N) is 2. The fraction of sp³-hybridized carbons (Fsp3) is 0.125. The molecular formula is C8H7N3O4S3. The number of carboxylic acid groups (broad SMARTS) is 1. The third-order valence-corrected chi connectivity index (χ3v) is 5.32. The van der Waals surface area contributed by atoms with Gasteiger partial charge < -0.3 is 5.11 Å². The normalized spacial score (nSPS) is 11.4. The Kier molecular flexibility index (Phi) is 3.32. The SMILES string of the molecule is Cc1sc(C(=O)O)cc1S(=O)(=O)Nc1nncs1. The van der Waals surface area contributed by atoms with Crippen LogP contribution in [-0.4, -0.2) is 29.7 Å². The van der Waals surface area contributed by atoms with Gasteiger partial charge in [-0.1, -0.05) is 11.3 Å². The van der Waals surface area contributed by atoms with Gasteiger partial charge in [-0.25, -0.2) is 13.2 Å². The van der Waals surface area contributed by atoms with E-state index in [4.69, 9.17) is 5.11 Å². The van der Waals surface area contributed by atoms with Crippen molar-refractivity contribution in [1.29, 1.82) is 0 Å². The molecule has 0 spiro atoms. The van der Waals surface area contributed by atoms with E-state index in [9.17, 15) is 13.2 Å². The molecule has 0 bridgehead atoms. The number of aromatic nitrogens is 2. The summed E-state index contributed by atoms with van der Waals surface area (Å²) in [6.07, 6.45) is 0. The molecule has 2 rings (SSSR count). The summed E-state index contributed by atoms with van der Waals surface area (Å²) in [4.78, 5) is 11.1. The molecule has 2 aromatic rings. The van der Waals surface area contributed by atoms with Gasteiger partial charge in [0.25, 0.3) is 10.0 Å². The van der Waals surface area contributed by atoms with Gasteiger partial charge in [0.05, 0.1) is 0 Å². The number of thiophene rings is 1. The molecule has 0 saturated heterocycles. The fourth-order valence-electron chi connectivity index (χ4n) is 1.23. The van der Waals surface area contributed by atoms with Gasteiger partial charge in [0.1, 0.15) is 15.3 Å². The van der Waals surface area contributed by atoms with Crippen LogP contribution in [0.1, 0.15) is 14.5 Å². The smallest absolute Gasteiger partial charge is 0.345 e. The first-order valence-corrected chi connectivity index (χ1v) is 7.71. The minimum absolute atomic E-state index is 0.0230. The topological polar surface area (TPSA) is 109 Å². The average molecular weight is 305 g/mol. The van der Waals surface area contributed by atoms with Crippen molar-refractivity contribution in [3.63, 3.8) is 0 Å². The van der Waals surface area contributed by atoms with Crippen LogP contribution < -0.4 is 4.72 Å². The zero-order valence-corrected chi connectivity index (χ0v) is 11.4. The summed E-state index contributed by atoms with van der Waals surface area (Å²) in [7, 11) is -3.82. The Labute approximate surface area is 110 Å². The number of aromatic carboxylic acids is 1. The van der Waals surface area contributed by atoms with Crippen LogP contribution in [0.25, 0.3) is 0 Å². The van der Waals surface area contributed by atoms with Crippen LogP contribution >= 0.6 is 22.7 Å². The van der Waals surface area contributed by atoms with Gasteiger partial charge in [-0.2, -0.15) is 0 Å². The van der Waals surface area contributed by atoms with Crippen LogP contribution in [0.4, 0.5) is 5.13 Å². The lowest BCUT2D eigenvalue weighted by molar-refractivity contribution is 0.0702. The summed E-state index contributed by atoms with van der Waals surface area (Å²) in [5, 5.41) is 16.0. The summed E-state index contributed by atoms with van der Waals surface area (Å²) >= 11 is 1.95. The fourth-order valence-corrected chi connectivity index (χ4v) is 4.35. The molecule has 0 aliphatic heterocycles. The van der Waals surface area contributed by atoms with E-state index in [0.717, 1.165) is 28.7 Å². The van der Waals surface area contributed by atoms with Crippen molar-refractivity contribution in [2.45, 2.75) is 11.8 Å². The molecule has 2 heterocycles. The highest BCUT2D eigenvalue weighted by atomic mass is 32.2. The third-order valence-electron chi connectivity index (χ3n) is 1.95. The summed E-state index contributed by atoms with van der Waals surface area (Å²) in [5.74, 6) is -1.15. The van der Waals surface area contributed by atoms with Gasteiger partial charge in [-0.3, -0.25) is 4.72 Å². The first-order valence-electron chi connectivity index (χ1n) is 4.53. The number of carbonyl (C=O) groups is 1. The van der Waals surface area contributed by atoms with Crippen LogP contribution in [-0.2, 0) is 10.0 Å². The second-order valence-electron chi connectivity index (χ2n) is 3.19. The highest BCUT2D eigenvalue weighted by Crippen LogP contribution is 2.27. The first kappa shape index (κ1) is 12.9. The molecule has 0 aliphatic carbocycles. The Morgan fingerprint density at radius 3 is 2.72 bits per heavy atom. The van der Waals surface area contributed by atoms with Crippen LogP contribution in [0.5, 0.6) is 0 Å². The van der Waals surface area contributed by atoms with E-state index in [1.807, 2.05) is 0 Å². The highest BCUT2D eigenvalue weighted by molar-refractivity contribution is 7.93. The standard InChI is InChI=1S/C8H7N3O4S3/c1-4-6(2-5(17-4)7(12)13)18(14,15)11-8-10-9-3-16-8/h2-3H,1H3,(H,10,11)(H,12,13). The Morgan fingerprint density at radius 2 is 2.22 bits per heavy atom. The van der Waals surface area contributed by atoms with Crippen LogP contribution in [0.15, 0.2) is 16.5 Å². The molecule has 18 heavy (non-hydrogen) atoms. The summed E-state index contributed by atoms with van der Waals surface area (Å²) in [5.41, 5.74) is 1.39. The molecule has 0 radical (unpaired) electrons. The maximum absolute atomic E-state index is 12.0. The maximum atomic E-state index is 12.0. The van der Waals surface area contributed by atoms with Crippen molar-refractivity contribution in [2.24, 2.45) is 0 Å². The molecule has 7 nitrogen and oxygen atoms in total. The van der Waals surface area contributed by atoms with Gasteiger partial charge in [-0.05, 0) is 13.0 Å². The van der Waals surface area contributed by atoms with Crippen molar-refractivity contribution in [1.82, 2.24) is 10.2 Å². The second kappa shape index (κ2) is 4.63. The van der Waals surface area contributed by atoms with Crippen molar-refractivity contribution in [2.75, 3.05) is 4.72 Å². The number of nitrogens with one attached hydrogen (secondary N) is 1. The lowest BCUT2D eigenvalue weighted by Gasteiger charge is -2.02. The summed E-state index contributed by atoms with van der Waals surface area (Å²) < 4.78 is 26.2. The Hall–Kier alpha value is -1.52. The number of rotatable bonds is 4. The number of hydrogen-bond acceptors (Lipinski definition) is 7. The largest absolute Gasteiger partial charge is 0.477 e. The third kappa shape index (κ3) is 2.49. The lowest BCUT2D eigenvalue weighted by Crippen LogP contribution is -2.13. The minimum atomic E-state index is -3.82. The molecule has 0 fully saturated rings. The van der Waals surface area contributed by atoms with E-state index in [2.05, 4.69) is 14.9 Å². The van der Waals surface area contributed by atoms with E-state index >= 15 is 0 Å². The van der Waals surface area contributed by atoms with Gasteiger partial charge in [0, 0.05) is 4.88 Å². The monoisotopic (exact) mass is 305 g/mol. The van der Waals surface area contributed by atoms with E-state index in [-0.39, 0.29) is 14.9 Å². The van der Waals surface area contributed by atoms with E-state index in [1.165, 1.54) is 5.51 Å². The van der Waals surface area contributed by atoms with E-state index in [0.29, 0.717) is 4.88 Å². The van der Waals surface area contributed by atoms with Gasteiger partial charge in [-0.15, -0.1) is 21.5 Å². The van der Waals surface area contributed by atoms with E-state index < -0.39 is 16.0 Å². The van der Waals surface area contributed by atoms with Crippen molar-refractivity contribution < 1.29 is 18.3 Å². The first-order chi connectivity index (χ1) is 8.40. The number of carboxylic acids is 1. The van der Waals surface area contributed by atoms with Crippen LogP contribution in [0, 0.1) is 6.92 Å². The molecule has 0 atom stereocenters. The molecule has 2 aromatic heterocycles. The molecule has 0 aliphatic rings. The molecule has 0 amide bonds. The Bertz CT molecular complexity index is 675. The average Bonchev–Trinajstić information content (AvgIpc) is 2.86. The maximum Gasteiger partial charge on any atom is 0.345 e. The Balaban J connectivity index is 2.38. The minimum Gasteiger partial charge on any atom is -0.477 e. The van der Waals surface area contributed by atoms with Gasteiger partial charge in [0.2, 0.25) is 5.13 Å². The van der Waals surface area contributed by atoms with Crippen molar-refractivity contribution in [3.05, 3.63) is 21.3 Å². The highest BCUT2D eigenvalue weighted by Gasteiger charge is 2.23. The predicted molar refractivity (Wildman–Crippen MR) is 66.7 cm³/mol. The van der Waals surface area contributed by atoms with Crippen LogP contribution in [0.2, 0.25) is 0 Å². The van der Waals surface area contributed by atoms with Gasteiger partial charge >= 0.3 is 5.97 Å². The summed E-state index contributed by atoms with van der Waals surface area (Å²) in [6.45, 7) is 1.55. The zero-order chi connectivity index (χ0) is 13.3.